The lowest BCUT2D eigenvalue weighted by atomic mass is 10.0. The average Bonchev–Trinajstić information content (AvgIpc) is 2.45. The minimum absolute atomic E-state index is 0. The number of hydrogen-bond acceptors (Lipinski definition) is 3. The quantitative estimate of drug-likeness (QED) is 0.891. The third-order valence-electron chi connectivity index (χ3n) is 3.04. The predicted octanol–water partition coefficient (Wildman–Crippen LogP) is 3.07. The van der Waals surface area contributed by atoms with Gasteiger partial charge in [0.2, 0.25) is 0 Å². The summed E-state index contributed by atoms with van der Waals surface area (Å²) in [5.41, 5.74) is 7.90. The number of aliphatic hydroxyl groups excluding tert-OH is 1. The molecule has 3 nitrogen and oxygen atoms in total. The van der Waals surface area contributed by atoms with E-state index in [1.807, 2.05) is 54.6 Å². The van der Waals surface area contributed by atoms with Crippen molar-refractivity contribution in [2.75, 3.05) is 0 Å². The van der Waals surface area contributed by atoms with E-state index >= 15 is 0 Å². The summed E-state index contributed by atoms with van der Waals surface area (Å²) < 4.78 is 5.80. The number of halogens is 1. The summed E-state index contributed by atoms with van der Waals surface area (Å²) in [5.74, 6) is 0.722. The van der Waals surface area contributed by atoms with Gasteiger partial charge in [-0.3, -0.25) is 0 Å². The molecule has 0 aliphatic carbocycles. The highest BCUT2D eigenvalue weighted by molar-refractivity contribution is 5.85. The molecule has 20 heavy (non-hydrogen) atoms. The first-order valence-corrected chi connectivity index (χ1v) is 6.38. The molecule has 0 unspecified atom stereocenters. The molecule has 0 amide bonds. The molecule has 0 fully saturated rings. The highest BCUT2D eigenvalue weighted by Crippen LogP contribution is 2.26. The van der Waals surface area contributed by atoms with Crippen LogP contribution in [0.25, 0.3) is 0 Å². The van der Waals surface area contributed by atoms with Crippen LogP contribution in [0.2, 0.25) is 0 Å². The zero-order chi connectivity index (χ0) is 13.7. The fourth-order valence-electron chi connectivity index (χ4n) is 1.88. The van der Waals surface area contributed by atoms with Gasteiger partial charge in [0, 0.05) is 5.56 Å². The van der Waals surface area contributed by atoms with Crippen molar-refractivity contribution in [1.29, 1.82) is 0 Å². The van der Waals surface area contributed by atoms with Crippen LogP contribution < -0.4 is 10.5 Å². The second-order valence-electron chi connectivity index (χ2n) is 4.58. The molecule has 0 aromatic heterocycles. The highest BCUT2D eigenvalue weighted by atomic mass is 35.5. The fourth-order valence-corrected chi connectivity index (χ4v) is 1.88. The molecule has 3 N–H and O–H groups in total. The second kappa shape index (κ2) is 7.90. The molecule has 0 saturated carbocycles. The van der Waals surface area contributed by atoms with Crippen LogP contribution in [0.3, 0.4) is 0 Å². The van der Waals surface area contributed by atoms with Gasteiger partial charge >= 0.3 is 0 Å². The van der Waals surface area contributed by atoms with Crippen molar-refractivity contribution < 1.29 is 9.84 Å². The summed E-state index contributed by atoms with van der Waals surface area (Å²) >= 11 is 0. The van der Waals surface area contributed by atoms with Crippen molar-refractivity contribution in [2.45, 2.75) is 25.7 Å². The van der Waals surface area contributed by atoms with Gasteiger partial charge in [-0.05, 0) is 18.6 Å². The molecule has 0 spiro atoms. The Morgan fingerprint density at radius 2 is 1.65 bits per heavy atom. The summed E-state index contributed by atoms with van der Waals surface area (Å²) in [5, 5.41) is 9.60. The number of nitrogens with two attached hydrogens (primary N) is 1. The Morgan fingerprint density at radius 1 is 1.05 bits per heavy atom. The van der Waals surface area contributed by atoms with Crippen LogP contribution in [0.4, 0.5) is 0 Å². The van der Waals surface area contributed by atoms with Gasteiger partial charge in [0.1, 0.15) is 12.4 Å². The maximum Gasteiger partial charge on any atom is 0.124 e. The van der Waals surface area contributed by atoms with Gasteiger partial charge in [0.15, 0.2) is 0 Å². The first kappa shape index (κ1) is 16.5. The van der Waals surface area contributed by atoms with Crippen LogP contribution in [-0.4, -0.2) is 11.2 Å². The van der Waals surface area contributed by atoms with Crippen molar-refractivity contribution >= 4 is 12.4 Å². The van der Waals surface area contributed by atoms with E-state index in [9.17, 15) is 5.11 Å². The highest BCUT2D eigenvalue weighted by Gasteiger charge is 2.16. The van der Waals surface area contributed by atoms with Crippen LogP contribution in [0.15, 0.2) is 54.6 Å². The SMILES string of the molecule is C[C@H](O)[C@H](N)c1ccccc1OCc1ccccc1.Cl. The van der Waals surface area contributed by atoms with Crippen molar-refractivity contribution in [1.82, 2.24) is 0 Å². The topological polar surface area (TPSA) is 55.5 Å². The summed E-state index contributed by atoms with van der Waals surface area (Å²) in [6.45, 7) is 2.17. The Kier molecular flexibility index (Phi) is 6.52. The fraction of sp³-hybridized carbons (Fsp3) is 0.250. The minimum atomic E-state index is -0.610. The molecule has 4 heteroatoms. The largest absolute Gasteiger partial charge is 0.489 e. The van der Waals surface area contributed by atoms with Crippen LogP contribution in [0.5, 0.6) is 5.75 Å². The molecule has 0 bridgehead atoms. The first-order chi connectivity index (χ1) is 9.18. The number of benzene rings is 2. The van der Waals surface area contributed by atoms with E-state index in [0.29, 0.717) is 6.61 Å². The Morgan fingerprint density at radius 3 is 2.30 bits per heavy atom. The van der Waals surface area contributed by atoms with Gasteiger partial charge in [-0.15, -0.1) is 12.4 Å². The third-order valence-corrected chi connectivity index (χ3v) is 3.04. The van der Waals surface area contributed by atoms with E-state index in [0.717, 1.165) is 16.9 Å². The van der Waals surface area contributed by atoms with Crippen molar-refractivity contribution in [2.24, 2.45) is 5.73 Å². The molecule has 108 valence electrons. The zero-order valence-electron chi connectivity index (χ0n) is 11.4. The van der Waals surface area contributed by atoms with E-state index < -0.39 is 12.1 Å². The third kappa shape index (κ3) is 4.23. The Bertz CT molecular complexity index is 517. The van der Waals surface area contributed by atoms with Gasteiger partial charge in [0.25, 0.3) is 0 Å². The van der Waals surface area contributed by atoms with E-state index in [1.54, 1.807) is 6.92 Å². The monoisotopic (exact) mass is 293 g/mol. The van der Waals surface area contributed by atoms with E-state index in [-0.39, 0.29) is 12.4 Å². The molecule has 2 aromatic rings. The summed E-state index contributed by atoms with van der Waals surface area (Å²) in [7, 11) is 0. The van der Waals surface area contributed by atoms with Crippen molar-refractivity contribution in [3.05, 3.63) is 65.7 Å². The normalized spacial score (nSPS) is 13.2. The lowest BCUT2D eigenvalue weighted by Crippen LogP contribution is -2.23. The Hall–Kier alpha value is -1.55. The minimum Gasteiger partial charge on any atom is -0.489 e. The number of ether oxygens (including phenoxy) is 1. The number of rotatable bonds is 5. The van der Waals surface area contributed by atoms with Crippen molar-refractivity contribution in [3.63, 3.8) is 0 Å². The van der Waals surface area contributed by atoms with Crippen molar-refractivity contribution in [3.8, 4) is 5.75 Å². The number of para-hydroxylation sites is 1. The number of aliphatic hydroxyl groups is 1. The van der Waals surface area contributed by atoms with Crippen LogP contribution in [-0.2, 0) is 6.61 Å². The second-order valence-corrected chi connectivity index (χ2v) is 4.58. The molecule has 2 rings (SSSR count). The molecular formula is C16H20ClNO2. The summed E-state index contributed by atoms with van der Waals surface area (Å²) in [6, 6.07) is 17.1. The molecular weight excluding hydrogens is 274 g/mol. The predicted molar refractivity (Wildman–Crippen MR) is 83.1 cm³/mol. The molecule has 0 aliphatic heterocycles. The molecule has 0 heterocycles. The van der Waals surface area contributed by atoms with E-state index in [2.05, 4.69) is 0 Å². The maximum atomic E-state index is 9.60. The zero-order valence-corrected chi connectivity index (χ0v) is 12.2. The Balaban J connectivity index is 0.00000200. The smallest absolute Gasteiger partial charge is 0.124 e. The van der Waals surface area contributed by atoms with Gasteiger partial charge in [-0.25, -0.2) is 0 Å². The maximum absolute atomic E-state index is 9.60. The average molecular weight is 294 g/mol. The molecule has 2 atom stereocenters. The molecule has 0 saturated heterocycles. The van der Waals surface area contributed by atoms with Gasteiger partial charge in [0.05, 0.1) is 12.1 Å². The van der Waals surface area contributed by atoms with Crippen LogP contribution in [0.1, 0.15) is 24.1 Å². The standard InChI is InChI=1S/C16H19NO2.ClH/c1-12(18)16(17)14-9-5-6-10-15(14)19-11-13-7-3-2-4-8-13;/h2-10,12,16,18H,11,17H2,1H3;1H/t12-,16-;/m0./s1. The van der Waals surface area contributed by atoms with Gasteiger partial charge in [-0.1, -0.05) is 48.5 Å². The molecule has 0 radical (unpaired) electrons. The first-order valence-electron chi connectivity index (χ1n) is 6.38. The van der Waals surface area contributed by atoms with E-state index in [1.165, 1.54) is 0 Å². The lowest BCUT2D eigenvalue weighted by Gasteiger charge is -2.19. The lowest BCUT2D eigenvalue weighted by molar-refractivity contribution is 0.161. The summed E-state index contributed by atoms with van der Waals surface area (Å²) in [4.78, 5) is 0. The van der Waals surface area contributed by atoms with Crippen LogP contribution in [0, 0.1) is 0 Å². The Labute approximate surface area is 125 Å². The van der Waals surface area contributed by atoms with Crippen LogP contribution >= 0.6 is 12.4 Å². The number of hydrogen-bond donors (Lipinski definition) is 2. The molecule has 2 aromatic carbocycles. The van der Waals surface area contributed by atoms with Gasteiger partial charge in [-0.2, -0.15) is 0 Å². The van der Waals surface area contributed by atoms with Gasteiger partial charge < -0.3 is 15.6 Å². The molecule has 0 aliphatic rings. The summed E-state index contributed by atoms with van der Waals surface area (Å²) in [6.07, 6.45) is -0.610. The van der Waals surface area contributed by atoms with E-state index in [4.69, 9.17) is 10.5 Å².